The summed E-state index contributed by atoms with van der Waals surface area (Å²) in [5.74, 6) is -5.24. The summed E-state index contributed by atoms with van der Waals surface area (Å²) in [6.07, 6.45) is 1.50. The first-order valence-electron chi connectivity index (χ1n) is 10.7. The van der Waals surface area contributed by atoms with Crippen LogP contribution in [0.4, 0.5) is 26.3 Å². The van der Waals surface area contributed by atoms with Crippen molar-refractivity contribution in [3.8, 4) is 11.5 Å². The van der Waals surface area contributed by atoms with E-state index in [1.807, 2.05) is 13.0 Å². The zero-order valence-electron chi connectivity index (χ0n) is 17.6. The molecule has 2 atom stereocenters. The van der Waals surface area contributed by atoms with Crippen LogP contribution in [0.3, 0.4) is 0 Å². The fourth-order valence-electron chi connectivity index (χ4n) is 4.47. The van der Waals surface area contributed by atoms with Crippen molar-refractivity contribution in [2.75, 3.05) is 6.61 Å². The summed E-state index contributed by atoms with van der Waals surface area (Å²) < 4.78 is 96.1. The normalized spacial score (nSPS) is 26.7. The topological polar surface area (TPSA) is 27.7 Å². The predicted molar refractivity (Wildman–Crippen MR) is 106 cm³/mol. The quantitative estimate of drug-likeness (QED) is 0.242. The van der Waals surface area contributed by atoms with Gasteiger partial charge < -0.3 is 14.2 Å². The second-order valence-corrected chi connectivity index (χ2v) is 8.25. The van der Waals surface area contributed by atoms with E-state index in [9.17, 15) is 26.3 Å². The second-order valence-electron chi connectivity index (χ2n) is 8.25. The van der Waals surface area contributed by atoms with E-state index in [1.165, 1.54) is 0 Å². The van der Waals surface area contributed by atoms with Gasteiger partial charge in [-0.25, -0.2) is 8.78 Å². The van der Waals surface area contributed by atoms with Gasteiger partial charge in [0.2, 0.25) is 0 Å². The Labute approximate surface area is 183 Å². The largest absolute Gasteiger partial charge is 0.453 e. The Bertz CT molecular complexity index is 798. The third-order valence-corrected chi connectivity index (χ3v) is 6.08. The van der Waals surface area contributed by atoms with Crippen molar-refractivity contribution in [3.63, 3.8) is 0 Å². The van der Waals surface area contributed by atoms with Crippen LogP contribution in [0.1, 0.15) is 45.4 Å². The fourth-order valence-corrected chi connectivity index (χ4v) is 4.47. The highest BCUT2D eigenvalue weighted by molar-refractivity contribution is 5.35. The van der Waals surface area contributed by atoms with E-state index < -0.39 is 41.2 Å². The number of benzene rings is 1. The summed E-state index contributed by atoms with van der Waals surface area (Å²) >= 11 is 0. The molecule has 9 heteroatoms. The lowest BCUT2D eigenvalue weighted by molar-refractivity contribution is -0.225. The molecule has 2 fully saturated rings. The standard InChI is InChI=1S/C23H26F6O3/c1-2-3-14-4-9-20(30-12-14)15-5-7-16(8-6-15)23(28,29)32-17-10-18(24)22(19(25)11-17)31-13-21(26)27/h2-3,10-11,13-16,20H,4-9,12H2,1H3/b3-2+. The van der Waals surface area contributed by atoms with Crippen LogP contribution in [0.5, 0.6) is 11.5 Å². The van der Waals surface area contributed by atoms with Crippen molar-refractivity contribution in [1.29, 1.82) is 0 Å². The number of alkyl halides is 2. The van der Waals surface area contributed by atoms with Gasteiger partial charge in [0.15, 0.2) is 23.6 Å². The maximum Gasteiger partial charge on any atom is 0.400 e. The zero-order chi connectivity index (χ0) is 23.3. The molecular formula is C23H26F6O3. The molecular weight excluding hydrogens is 438 g/mol. The summed E-state index contributed by atoms with van der Waals surface area (Å²) in [7, 11) is 0. The first-order valence-corrected chi connectivity index (χ1v) is 10.7. The second kappa shape index (κ2) is 10.6. The van der Waals surface area contributed by atoms with E-state index >= 15 is 0 Å². The molecule has 178 valence electrons. The average molecular weight is 464 g/mol. The van der Waals surface area contributed by atoms with E-state index in [-0.39, 0.29) is 31.1 Å². The highest BCUT2D eigenvalue weighted by Crippen LogP contribution is 2.43. The molecule has 32 heavy (non-hydrogen) atoms. The van der Waals surface area contributed by atoms with Gasteiger partial charge in [-0.2, -0.15) is 17.6 Å². The summed E-state index contributed by atoms with van der Waals surface area (Å²) in [6, 6.07) is 0.970. The molecule has 1 saturated heterocycles. The van der Waals surface area contributed by atoms with Gasteiger partial charge in [-0.15, -0.1) is 0 Å². The number of hydrogen-bond donors (Lipinski definition) is 0. The van der Waals surface area contributed by atoms with Gasteiger partial charge in [0, 0.05) is 18.1 Å². The van der Waals surface area contributed by atoms with E-state index in [2.05, 4.69) is 15.5 Å². The van der Waals surface area contributed by atoms with Crippen molar-refractivity contribution in [1.82, 2.24) is 0 Å². The number of halogens is 6. The van der Waals surface area contributed by atoms with Crippen molar-refractivity contribution in [2.24, 2.45) is 17.8 Å². The summed E-state index contributed by atoms with van der Waals surface area (Å²) in [5, 5.41) is 0. The van der Waals surface area contributed by atoms with Crippen molar-refractivity contribution >= 4 is 0 Å². The smallest absolute Gasteiger partial charge is 0.400 e. The molecule has 1 aliphatic carbocycles. The molecule has 1 aliphatic heterocycles. The summed E-state index contributed by atoms with van der Waals surface area (Å²) in [4.78, 5) is 0. The van der Waals surface area contributed by atoms with Crippen LogP contribution in [0.2, 0.25) is 0 Å². The number of allylic oxidation sites excluding steroid dienone is 1. The monoisotopic (exact) mass is 464 g/mol. The highest BCUT2D eigenvalue weighted by atomic mass is 19.3. The van der Waals surface area contributed by atoms with E-state index in [0.29, 0.717) is 37.5 Å². The number of ether oxygens (including phenoxy) is 3. The predicted octanol–water partition coefficient (Wildman–Crippen LogP) is 7.23. The van der Waals surface area contributed by atoms with Crippen LogP contribution in [0.25, 0.3) is 0 Å². The minimum absolute atomic E-state index is 0.0611. The molecule has 3 rings (SSSR count). The highest BCUT2D eigenvalue weighted by Gasteiger charge is 2.45. The van der Waals surface area contributed by atoms with Gasteiger partial charge in [-0.3, -0.25) is 0 Å². The lowest BCUT2D eigenvalue weighted by Gasteiger charge is -2.38. The maximum atomic E-state index is 14.7. The Kier molecular flexibility index (Phi) is 8.14. The van der Waals surface area contributed by atoms with Crippen molar-refractivity contribution < 1.29 is 40.6 Å². The lowest BCUT2D eigenvalue weighted by Crippen LogP contribution is -2.40. The molecule has 0 aromatic heterocycles. The third-order valence-electron chi connectivity index (χ3n) is 6.08. The first kappa shape index (κ1) is 24.5. The van der Waals surface area contributed by atoms with Gasteiger partial charge in [-0.1, -0.05) is 12.2 Å². The maximum absolute atomic E-state index is 14.7. The van der Waals surface area contributed by atoms with Gasteiger partial charge in [0.25, 0.3) is 0 Å². The molecule has 1 aromatic rings. The van der Waals surface area contributed by atoms with Crippen molar-refractivity contribution in [3.05, 3.63) is 48.3 Å². The van der Waals surface area contributed by atoms with E-state index in [4.69, 9.17) is 4.74 Å². The van der Waals surface area contributed by atoms with Crippen LogP contribution in [-0.4, -0.2) is 18.8 Å². The number of hydrogen-bond acceptors (Lipinski definition) is 3. The van der Waals surface area contributed by atoms with E-state index in [0.717, 1.165) is 12.8 Å². The SMILES string of the molecule is C/C=C/C1CCC(C2CCC(C(F)(F)Oc3cc(F)c(OC=C(F)F)c(F)c3)CC2)OC1. The average Bonchev–Trinajstić information content (AvgIpc) is 2.73. The number of rotatable bonds is 7. The minimum Gasteiger partial charge on any atom is -0.453 e. The first-order chi connectivity index (χ1) is 15.2. The molecule has 1 heterocycles. The molecule has 0 N–H and O–H groups in total. The molecule has 3 nitrogen and oxygen atoms in total. The van der Waals surface area contributed by atoms with Gasteiger partial charge in [0.1, 0.15) is 5.75 Å². The Morgan fingerprint density at radius 1 is 1.03 bits per heavy atom. The summed E-state index contributed by atoms with van der Waals surface area (Å²) in [5.41, 5.74) is 0. The minimum atomic E-state index is -3.64. The Hall–Kier alpha value is -2.16. The van der Waals surface area contributed by atoms with Crippen LogP contribution in [0, 0.1) is 29.4 Å². The Balaban J connectivity index is 1.56. The Morgan fingerprint density at radius 3 is 2.22 bits per heavy atom. The van der Waals surface area contributed by atoms with Crippen LogP contribution >= 0.6 is 0 Å². The summed E-state index contributed by atoms with van der Waals surface area (Å²) in [6.45, 7) is 2.60. The lowest BCUT2D eigenvalue weighted by atomic mass is 9.77. The van der Waals surface area contributed by atoms with Crippen molar-refractivity contribution in [2.45, 2.75) is 57.7 Å². The van der Waals surface area contributed by atoms with Gasteiger partial charge in [0.05, 0.1) is 18.6 Å². The molecule has 1 aromatic carbocycles. The molecule has 0 spiro atoms. The van der Waals surface area contributed by atoms with Gasteiger partial charge >= 0.3 is 12.2 Å². The molecule has 0 radical (unpaired) electrons. The van der Waals surface area contributed by atoms with Crippen LogP contribution in [0.15, 0.2) is 36.6 Å². The Morgan fingerprint density at radius 2 is 1.69 bits per heavy atom. The molecule has 2 aliphatic rings. The molecule has 0 amide bonds. The fraction of sp³-hybridized carbons (Fsp3) is 0.565. The van der Waals surface area contributed by atoms with E-state index in [1.54, 1.807) is 0 Å². The third kappa shape index (κ3) is 6.21. The van der Waals surface area contributed by atoms with Gasteiger partial charge in [-0.05, 0) is 51.4 Å². The van der Waals surface area contributed by atoms with Crippen LogP contribution in [-0.2, 0) is 4.74 Å². The molecule has 0 bridgehead atoms. The zero-order valence-corrected chi connectivity index (χ0v) is 17.6. The molecule has 1 saturated carbocycles. The molecule has 2 unspecified atom stereocenters. The van der Waals surface area contributed by atoms with Crippen LogP contribution < -0.4 is 9.47 Å².